The lowest BCUT2D eigenvalue weighted by Crippen LogP contribution is -2.63. The molecule has 5 rings (SSSR count). The van der Waals surface area contributed by atoms with Gasteiger partial charge in [-0.1, -0.05) is 52.2 Å². The molecule has 0 radical (unpaired) electrons. The van der Waals surface area contributed by atoms with Gasteiger partial charge in [-0.25, -0.2) is 0 Å². The van der Waals surface area contributed by atoms with E-state index >= 15 is 0 Å². The second-order valence-electron chi connectivity index (χ2n) is 12.4. The fraction of sp³-hybridized carbons (Fsp3) is 0.581. The molecular formula is C31H42N4O3. The quantitative estimate of drug-likeness (QED) is 0.554. The molecule has 0 bridgehead atoms. The third-order valence-electron chi connectivity index (χ3n) is 8.66. The number of benzene rings is 1. The van der Waals surface area contributed by atoms with Crippen molar-refractivity contribution in [3.63, 3.8) is 0 Å². The molecule has 1 saturated heterocycles. The van der Waals surface area contributed by atoms with Crippen LogP contribution in [0.5, 0.6) is 0 Å². The van der Waals surface area contributed by atoms with E-state index in [9.17, 15) is 14.7 Å². The zero-order valence-electron chi connectivity index (χ0n) is 23.0. The van der Waals surface area contributed by atoms with E-state index in [0.717, 1.165) is 55.2 Å². The monoisotopic (exact) mass is 518 g/mol. The van der Waals surface area contributed by atoms with Crippen LogP contribution in [0, 0.1) is 0 Å². The fourth-order valence-corrected chi connectivity index (χ4v) is 6.51. The van der Waals surface area contributed by atoms with E-state index in [2.05, 4.69) is 48.5 Å². The highest BCUT2D eigenvalue weighted by molar-refractivity contribution is 6.06. The van der Waals surface area contributed by atoms with Crippen molar-refractivity contribution in [2.24, 2.45) is 0 Å². The Labute approximate surface area is 226 Å². The maximum atomic E-state index is 14.6. The van der Waals surface area contributed by atoms with Crippen LogP contribution < -0.4 is 15.5 Å². The number of nitrogens with one attached hydrogen (secondary N) is 2. The number of pyridine rings is 1. The minimum Gasteiger partial charge on any atom is -0.392 e. The van der Waals surface area contributed by atoms with Gasteiger partial charge < -0.3 is 15.7 Å². The van der Waals surface area contributed by atoms with E-state index in [1.54, 1.807) is 17.3 Å². The number of hydrogen-bond donors (Lipinski definition) is 3. The number of amides is 2. The lowest BCUT2D eigenvalue weighted by molar-refractivity contribution is -0.133. The maximum Gasteiger partial charge on any atom is 0.251 e. The molecule has 1 aromatic heterocycles. The Balaban J connectivity index is 1.65. The number of anilines is 1. The van der Waals surface area contributed by atoms with Gasteiger partial charge in [-0.05, 0) is 73.3 Å². The number of aliphatic hydroxyl groups is 1. The zero-order valence-corrected chi connectivity index (χ0v) is 23.0. The van der Waals surface area contributed by atoms with Crippen LogP contribution in [0.15, 0.2) is 42.7 Å². The molecule has 2 amide bonds. The number of aryl methyl sites for hydroxylation is 1. The Morgan fingerprint density at radius 2 is 1.82 bits per heavy atom. The van der Waals surface area contributed by atoms with Gasteiger partial charge in [0.2, 0.25) is 5.91 Å². The molecule has 1 saturated carbocycles. The van der Waals surface area contributed by atoms with Crippen molar-refractivity contribution >= 4 is 17.5 Å². The summed E-state index contributed by atoms with van der Waals surface area (Å²) in [6.07, 6.45) is 10.8. The molecule has 3 atom stereocenters. The van der Waals surface area contributed by atoms with Gasteiger partial charge in [-0.2, -0.15) is 0 Å². The Morgan fingerprint density at radius 1 is 1.08 bits per heavy atom. The van der Waals surface area contributed by atoms with Gasteiger partial charge >= 0.3 is 0 Å². The van der Waals surface area contributed by atoms with E-state index in [4.69, 9.17) is 0 Å². The van der Waals surface area contributed by atoms with E-state index in [1.165, 1.54) is 6.42 Å². The van der Waals surface area contributed by atoms with Crippen molar-refractivity contribution in [1.29, 1.82) is 0 Å². The summed E-state index contributed by atoms with van der Waals surface area (Å²) in [5.74, 6) is -0.300. The Bertz CT molecular complexity index is 1150. The smallest absolute Gasteiger partial charge is 0.251 e. The maximum absolute atomic E-state index is 14.6. The highest BCUT2D eigenvalue weighted by Crippen LogP contribution is 2.44. The first kappa shape index (κ1) is 26.8. The summed E-state index contributed by atoms with van der Waals surface area (Å²) in [7, 11) is 0. The number of aliphatic hydroxyl groups excluding tert-OH is 1. The van der Waals surface area contributed by atoms with Crippen LogP contribution in [-0.2, 0) is 27.0 Å². The molecule has 204 valence electrons. The highest BCUT2D eigenvalue weighted by atomic mass is 16.3. The summed E-state index contributed by atoms with van der Waals surface area (Å²) >= 11 is 0. The third kappa shape index (κ3) is 5.10. The molecular weight excluding hydrogens is 476 g/mol. The van der Waals surface area contributed by atoms with Crippen LogP contribution in [0.3, 0.4) is 0 Å². The number of carbonyl (C=O) groups excluding carboxylic acids is 2. The predicted octanol–water partition coefficient (Wildman–Crippen LogP) is 4.12. The second-order valence-corrected chi connectivity index (χ2v) is 12.4. The molecule has 38 heavy (non-hydrogen) atoms. The van der Waals surface area contributed by atoms with Crippen molar-refractivity contribution in [2.75, 3.05) is 11.4 Å². The van der Waals surface area contributed by atoms with Crippen LogP contribution in [0.25, 0.3) is 0 Å². The largest absolute Gasteiger partial charge is 0.392 e. The SMILES string of the molecule is CC(C)(C)c1ccc(N(C(=O)C2CC(O)CN2)C2(C(=O)NC3CCCCC3)CCCc3ccncc32)cc1. The molecule has 2 heterocycles. The van der Waals surface area contributed by atoms with E-state index in [1.807, 2.05) is 18.2 Å². The average molecular weight is 519 g/mol. The highest BCUT2D eigenvalue weighted by Gasteiger charge is 2.53. The summed E-state index contributed by atoms with van der Waals surface area (Å²) < 4.78 is 0. The van der Waals surface area contributed by atoms with Crippen molar-refractivity contribution in [1.82, 2.24) is 15.6 Å². The number of rotatable bonds is 5. The molecule has 7 heteroatoms. The topological polar surface area (TPSA) is 94.6 Å². The molecule has 1 aromatic carbocycles. The number of hydrogen-bond acceptors (Lipinski definition) is 5. The van der Waals surface area contributed by atoms with Crippen molar-refractivity contribution < 1.29 is 14.7 Å². The molecule has 1 aliphatic heterocycles. The Kier molecular flexibility index (Phi) is 7.60. The molecule has 2 aliphatic carbocycles. The number of β-amino-alcohol motifs (C(OH)–C–C–N with tert-alkyl or cyclic N) is 1. The van der Waals surface area contributed by atoms with Crippen LogP contribution in [0.1, 0.15) is 88.8 Å². The predicted molar refractivity (Wildman–Crippen MR) is 149 cm³/mol. The van der Waals surface area contributed by atoms with Gasteiger partial charge in [0.25, 0.3) is 5.91 Å². The molecule has 3 aliphatic rings. The van der Waals surface area contributed by atoms with Gasteiger partial charge in [-0.15, -0.1) is 0 Å². The first-order valence-electron chi connectivity index (χ1n) is 14.3. The first-order valence-corrected chi connectivity index (χ1v) is 14.3. The second kappa shape index (κ2) is 10.8. The summed E-state index contributed by atoms with van der Waals surface area (Å²) in [4.78, 5) is 35.2. The van der Waals surface area contributed by atoms with E-state index in [0.29, 0.717) is 25.1 Å². The number of fused-ring (bicyclic) bond motifs is 1. The van der Waals surface area contributed by atoms with Gasteiger partial charge in [0.1, 0.15) is 0 Å². The van der Waals surface area contributed by atoms with Crippen molar-refractivity contribution in [3.8, 4) is 0 Å². The fourth-order valence-electron chi connectivity index (χ4n) is 6.51. The molecule has 7 nitrogen and oxygen atoms in total. The lowest BCUT2D eigenvalue weighted by Gasteiger charge is -2.47. The zero-order chi connectivity index (χ0) is 26.9. The molecule has 3 unspecified atom stereocenters. The minimum absolute atomic E-state index is 0.0398. The Hall–Kier alpha value is -2.77. The van der Waals surface area contributed by atoms with Crippen LogP contribution in [0.4, 0.5) is 5.69 Å². The van der Waals surface area contributed by atoms with Gasteiger partial charge in [0, 0.05) is 36.2 Å². The summed E-state index contributed by atoms with van der Waals surface area (Å²) in [6, 6.07) is 9.61. The third-order valence-corrected chi connectivity index (χ3v) is 8.66. The van der Waals surface area contributed by atoms with Crippen LogP contribution in [0.2, 0.25) is 0 Å². The average Bonchev–Trinajstić information content (AvgIpc) is 3.35. The summed E-state index contributed by atoms with van der Waals surface area (Å²) in [6.45, 7) is 6.86. The normalized spacial score (nSPS) is 26.0. The van der Waals surface area contributed by atoms with Crippen LogP contribution in [-0.4, -0.2) is 46.6 Å². The number of nitrogens with zero attached hydrogens (tertiary/aromatic N) is 2. The van der Waals surface area contributed by atoms with Crippen molar-refractivity contribution in [3.05, 3.63) is 59.4 Å². The first-order chi connectivity index (χ1) is 18.2. The molecule has 3 N–H and O–H groups in total. The molecule has 0 spiro atoms. The summed E-state index contributed by atoms with van der Waals surface area (Å²) in [5.41, 5.74) is 2.48. The molecule has 2 aromatic rings. The lowest BCUT2D eigenvalue weighted by atomic mass is 9.74. The van der Waals surface area contributed by atoms with Crippen LogP contribution >= 0.6 is 0 Å². The minimum atomic E-state index is -1.21. The van der Waals surface area contributed by atoms with Gasteiger partial charge in [-0.3, -0.25) is 19.5 Å². The number of carbonyl (C=O) groups is 2. The standard InChI is InChI=1S/C31H42N4O3/c1-30(2,3)22-11-13-24(14-12-22)35(28(37)27-18-25(36)19-33-27)31(29(38)34-23-9-5-4-6-10-23)16-7-8-21-15-17-32-20-26(21)31/h11-15,17,20,23,25,27,33,36H,4-10,16,18-19H2,1-3H3,(H,34,38). The van der Waals surface area contributed by atoms with Crippen molar-refractivity contribution in [2.45, 2.75) is 108 Å². The van der Waals surface area contributed by atoms with Gasteiger partial charge in [0.05, 0.1) is 12.1 Å². The summed E-state index contributed by atoms with van der Waals surface area (Å²) in [5, 5.41) is 16.8. The molecule has 2 fully saturated rings. The number of aromatic nitrogens is 1. The van der Waals surface area contributed by atoms with Gasteiger partial charge in [0.15, 0.2) is 5.54 Å². The van der Waals surface area contributed by atoms with E-state index in [-0.39, 0.29) is 23.3 Å². The van der Waals surface area contributed by atoms with E-state index < -0.39 is 17.7 Å². The Morgan fingerprint density at radius 3 is 2.47 bits per heavy atom.